The molecule has 1 N–H and O–H groups in total. The maximum Gasteiger partial charge on any atom is 0.162 e. The lowest BCUT2D eigenvalue weighted by atomic mass is 9.85. The third-order valence-electron chi connectivity index (χ3n) is 8.19. The number of benzene rings is 4. The van der Waals surface area contributed by atoms with Crippen molar-refractivity contribution in [1.29, 1.82) is 0 Å². The van der Waals surface area contributed by atoms with Gasteiger partial charge in [0.25, 0.3) is 0 Å². The Hall–Kier alpha value is -3.80. The molecule has 0 spiro atoms. The van der Waals surface area contributed by atoms with E-state index in [1.807, 2.05) is 6.07 Å². The molecule has 5 aromatic rings. The number of hydrogen-bond donors (Lipinski definition) is 1. The lowest BCUT2D eigenvalue weighted by Crippen LogP contribution is -2.39. The Morgan fingerprint density at radius 3 is 2.62 bits per heavy atom. The van der Waals surface area contributed by atoms with Crippen LogP contribution in [0.15, 0.2) is 78.9 Å². The van der Waals surface area contributed by atoms with Crippen molar-refractivity contribution >= 4 is 21.7 Å². The highest BCUT2D eigenvalue weighted by Crippen LogP contribution is 2.44. The van der Waals surface area contributed by atoms with Gasteiger partial charge in [-0.3, -0.25) is 4.90 Å². The quantitative estimate of drug-likeness (QED) is 0.329. The van der Waals surface area contributed by atoms with Crippen LogP contribution >= 0.6 is 0 Å². The van der Waals surface area contributed by atoms with Crippen LogP contribution in [0, 0.1) is 0 Å². The summed E-state index contributed by atoms with van der Waals surface area (Å²) in [6.07, 6.45) is 1.90. The monoisotopic (exact) mass is 490 g/mol. The molecule has 0 bridgehead atoms. The first-order chi connectivity index (χ1) is 18.2. The summed E-state index contributed by atoms with van der Waals surface area (Å²) in [4.78, 5) is 2.55. The van der Waals surface area contributed by atoms with Crippen LogP contribution < -0.4 is 9.47 Å². The zero-order valence-electron chi connectivity index (χ0n) is 21.0. The fourth-order valence-corrected chi connectivity index (χ4v) is 6.34. The van der Waals surface area contributed by atoms with Crippen molar-refractivity contribution in [3.8, 4) is 11.5 Å². The molecule has 37 heavy (non-hydrogen) atoms. The highest BCUT2D eigenvalue weighted by molar-refractivity contribution is 5.86. The van der Waals surface area contributed by atoms with Crippen LogP contribution in [0.3, 0.4) is 0 Å². The lowest BCUT2D eigenvalue weighted by molar-refractivity contribution is 0.145. The van der Waals surface area contributed by atoms with Crippen molar-refractivity contribution in [3.63, 3.8) is 0 Å². The van der Waals surface area contributed by atoms with E-state index in [-0.39, 0.29) is 12.8 Å². The van der Waals surface area contributed by atoms with E-state index in [1.165, 1.54) is 38.5 Å². The van der Waals surface area contributed by atoms with Crippen LogP contribution in [0.2, 0.25) is 0 Å². The maximum absolute atomic E-state index is 10.2. The van der Waals surface area contributed by atoms with Crippen molar-refractivity contribution in [2.24, 2.45) is 0 Å². The molecule has 5 heteroatoms. The van der Waals surface area contributed by atoms with Gasteiger partial charge in [0.2, 0.25) is 0 Å². The second kappa shape index (κ2) is 8.94. The molecule has 7 rings (SSSR count). The zero-order valence-corrected chi connectivity index (χ0v) is 21.0. The van der Waals surface area contributed by atoms with Crippen molar-refractivity contribution in [3.05, 3.63) is 107 Å². The summed E-state index contributed by atoms with van der Waals surface area (Å²) >= 11 is 0. The van der Waals surface area contributed by atoms with Crippen molar-refractivity contribution < 1.29 is 14.6 Å². The van der Waals surface area contributed by atoms with Crippen LogP contribution in [-0.2, 0) is 32.7 Å². The highest BCUT2D eigenvalue weighted by Gasteiger charge is 2.35. The number of hydrogen-bond acceptors (Lipinski definition) is 4. The van der Waals surface area contributed by atoms with Gasteiger partial charge in [0.05, 0.1) is 12.6 Å². The first-order valence-electron chi connectivity index (χ1n) is 13.0. The Morgan fingerprint density at radius 2 is 1.76 bits per heavy atom. The van der Waals surface area contributed by atoms with Gasteiger partial charge in [-0.1, -0.05) is 54.6 Å². The second-order valence-corrected chi connectivity index (χ2v) is 10.1. The number of aliphatic hydroxyl groups is 1. The standard InChI is InChI=1S/C32H30N2O3/c1-36-31-15-24-12-13-33-18-30-27(25-8-4-5-9-28(25)34(30)20-35)16-29(33)26(24)17-32(31)37-19-21-10-11-22-6-2-3-7-23(22)14-21/h2-11,14-15,17,29,35H,12-13,16,18-20H2,1H3. The molecule has 0 amide bonds. The Balaban J connectivity index is 1.23. The number of fused-ring (bicyclic) bond motifs is 7. The molecule has 0 aliphatic carbocycles. The largest absolute Gasteiger partial charge is 0.493 e. The van der Waals surface area contributed by atoms with E-state index in [2.05, 4.69) is 82.3 Å². The van der Waals surface area contributed by atoms with Gasteiger partial charge in [-0.25, -0.2) is 0 Å². The number of nitrogens with zero attached hydrogens (tertiary/aromatic N) is 2. The molecule has 1 unspecified atom stereocenters. The minimum atomic E-state index is 0.00883. The minimum Gasteiger partial charge on any atom is -0.493 e. The Labute approximate surface area is 216 Å². The van der Waals surface area contributed by atoms with E-state index in [4.69, 9.17) is 9.47 Å². The fraction of sp³-hybridized carbons (Fsp3) is 0.250. The predicted octanol–water partition coefficient (Wildman–Crippen LogP) is 5.99. The zero-order chi connectivity index (χ0) is 24.9. The topological polar surface area (TPSA) is 46.9 Å². The molecular formula is C32H30N2O3. The summed E-state index contributed by atoms with van der Waals surface area (Å²) < 4.78 is 14.2. The number of para-hydroxylation sites is 1. The second-order valence-electron chi connectivity index (χ2n) is 10.1. The number of aromatic nitrogens is 1. The molecule has 1 atom stereocenters. The molecule has 3 heterocycles. The average molecular weight is 491 g/mol. The molecule has 0 fully saturated rings. The number of rotatable bonds is 5. The lowest BCUT2D eigenvalue weighted by Gasteiger charge is -2.41. The summed E-state index contributed by atoms with van der Waals surface area (Å²) in [7, 11) is 1.72. The van der Waals surface area contributed by atoms with Crippen LogP contribution in [-0.4, -0.2) is 28.2 Å². The van der Waals surface area contributed by atoms with Crippen molar-refractivity contribution in [1.82, 2.24) is 9.47 Å². The van der Waals surface area contributed by atoms with Gasteiger partial charge in [-0.2, -0.15) is 0 Å². The summed E-state index contributed by atoms with van der Waals surface area (Å²) in [6, 6.07) is 28.0. The summed E-state index contributed by atoms with van der Waals surface area (Å²) in [5, 5.41) is 13.9. The smallest absolute Gasteiger partial charge is 0.162 e. The van der Waals surface area contributed by atoms with Crippen LogP contribution in [0.25, 0.3) is 21.7 Å². The van der Waals surface area contributed by atoms with E-state index >= 15 is 0 Å². The maximum atomic E-state index is 10.2. The van der Waals surface area contributed by atoms with Crippen molar-refractivity contribution in [2.75, 3.05) is 13.7 Å². The van der Waals surface area contributed by atoms with E-state index in [0.29, 0.717) is 6.61 Å². The van der Waals surface area contributed by atoms with Crippen LogP contribution in [0.4, 0.5) is 0 Å². The van der Waals surface area contributed by atoms with Gasteiger partial charge in [0.15, 0.2) is 11.5 Å². The van der Waals surface area contributed by atoms with Gasteiger partial charge in [-0.05, 0) is 70.1 Å². The van der Waals surface area contributed by atoms with Gasteiger partial charge >= 0.3 is 0 Å². The minimum absolute atomic E-state index is 0.00883. The highest BCUT2D eigenvalue weighted by atomic mass is 16.5. The van der Waals surface area contributed by atoms with Gasteiger partial charge in [0.1, 0.15) is 13.3 Å². The predicted molar refractivity (Wildman–Crippen MR) is 146 cm³/mol. The summed E-state index contributed by atoms with van der Waals surface area (Å²) in [5.74, 6) is 1.58. The molecular weight excluding hydrogens is 460 g/mol. The Morgan fingerprint density at radius 1 is 0.919 bits per heavy atom. The average Bonchev–Trinajstić information content (AvgIpc) is 3.26. The number of aliphatic hydroxyl groups excluding tert-OH is 1. The molecule has 2 aliphatic heterocycles. The number of ether oxygens (including phenoxy) is 2. The number of methoxy groups -OCH3 is 1. The molecule has 5 nitrogen and oxygen atoms in total. The molecule has 2 aliphatic rings. The SMILES string of the molecule is COc1cc2c(cc1OCc1ccc3ccccc3c1)C1Cc3c(n(CO)c4ccccc34)CN1CC2. The summed E-state index contributed by atoms with van der Waals surface area (Å²) in [5.41, 5.74) is 7.51. The third kappa shape index (κ3) is 3.69. The molecule has 186 valence electrons. The molecule has 0 radical (unpaired) electrons. The normalized spacial score (nSPS) is 16.9. The molecule has 0 saturated heterocycles. The van der Waals surface area contributed by atoms with E-state index in [9.17, 15) is 5.11 Å². The van der Waals surface area contributed by atoms with Crippen LogP contribution in [0.5, 0.6) is 11.5 Å². The van der Waals surface area contributed by atoms with Crippen molar-refractivity contribution in [2.45, 2.75) is 38.8 Å². The molecule has 1 aromatic heterocycles. The van der Waals surface area contributed by atoms with E-state index in [0.717, 1.165) is 48.5 Å². The van der Waals surface area contributed by atoms with Gasteiger partial charge in [0, 0.05) is 30.2 Å². The van der Waals surface area contributed by atoms with Gasteiger partial charge < -0.3 is 19.1 Å². The first-order valence-corrected chi connectivity index (χ1v) is 13.0. The Bertz CT molecular complexity index is 1640. The van der Waals surface area contributed by atoms with Crippen LogP contribution in [0.1, 0.15) is 34.0 Å². The third-order valence-corrected chi connectivity index (χ3v) is 8.19. The van der Waals surface area contributed by atoms with E-state index < -0.39 is 0 Å². The first kappa shape index (κ1) is 22.4. The molecule has 4 aromatic carbocycles. The van der Waals surface area contributed by atoms with E-state index in [1.54, 1.807) is 7.11 Å². The molecule has 0 saturated carbocycles. The Kier molecular flexibility index (Phi) is 5.41. The fourth-order valence-electron chi connectivity index (χ4n) is 6.34. The van der Waals surface area contributed by atoms with Gasteiger partial charge in [-0.15, -0.1) is 0 Å². The summed E-state index contributed by atoms with van der Waals surface area (Å²) in [6.45, 7) is 2.33.